The number of fused-ring (bicyclic) bond motifs is 1. The molecule has 2 aromatic heterocycles. The maximum Gasteiger partial charge on any atom is 0.263 e. The highest BCUT2D eigenvalue weighted by atomic mass is 35.5. The molecule has 4 aromatic rings. The fourth-order valence-corrected chi connectivity index (χ4v) is 3.87. The number of nitrogens with zero attached hydrogens (tertiary/aromatic N) is 4. The number of ether oxygens (including phenoxy) is 1. The first kappa shape index (κ1) is 19.7. The van der Waals surface area contributed by atoms with Crippen LogP contribution in [0.25, 0.3) is 33.7 Å². The molecule has 0 bridgehead atoms. The molecule has 2 aromatic carbocycles. The first-order valence-corrected chi connectivity index (χ1v) is 10.1. The first-order chi connectivity index (χ1) is 15.0. The third-order valence-electron chi connectivity index (χ3n) is 5.37. The number of benzene rings is 2. The Labute approximate surface area is 181 Å². The zero-order valence-electron chi connectivity index (χ0n) is 16.6. The van der Waals surface area contributed by atoms with E-state index < -0.39 is 5.82 Å². The third-order valence-corrected chi connectivity index (χ3v) is 5.62. The summed E-state index contributed by atoms with van der Waals surface area (Å²) in [6.45, 7) is 2.29. The molecule has 158 valence electrons. The van der Waals surface area contributed by atoms with Gasteiger partial charge in [-0.15, -0.1) is 0 Å². The molecule has 0 radical (unpaired) electrons. The van der Waals surface area contributed by atoms with Gasteiger partial charge >= 0.3 is 0 Å². The van der Waals surface area contributed by atoms with E-state index in [-0.39, 0.29) is 22.3 Å². The number of hydrogen-bond acceptors (Lipinski definition) is 6. The largest absolute Gasteiger partial charge is 0.378 e. The van der Waals surface area contributed by atoms with Crippen molar-refractivity contribution in [1.82, 2.24) is 14.7 Å². The van der Waals surface area contributed by atoms with Crippen LogP contribution >= 0.6 is 11.6 Å². The predicted octanol–water partition coefficient (Wildman–Crippen LogP) is 3.88. The summed E-state index contributed by atoms with van der Waals surface area (Å²) in [5.41, 5.74) is 1.63. The van der Waals surface area contributed by atoms with Gasteiger partial charge in [0.2, 0.25) is 11.3 Å². The van der Waals surface area contributed by atoms with Crippen LogP contribution < -0.4 is 10.3 Å². The SMILES string of the molecule is Cn1cc(-c2nc(-c3ccc(Cl)cc3)no2)c(=O)c2cc(F)c(N3CCOCC3)cc21. The Balaban J connectivity index is 1.58. The topological polar surface area (TPSA) is 73.4 Å². The van der Waals surface area contributed by atoms with Crippen molar-refractivity contribution in [2.75, 3.05) is 31.2 Å². The Morgan fingerprint density at radius 1 is 1.13 bits per heavy atom. The molecule has 0 atom stereocenters. The van der Waals surface area contributed by atoms with Gasteiger partial charge in [-0.1, -0.05) is 16.8 Å². The van der Waals surface area contributed by atoms with E-state index >= 15 is 0 Å². The average Bonchev–Trinajstić information content (AvgIpc) is 3.27. The summed E-state index contributed by atoms with van der Waals surface area (Å²) in [6.07, 6.45) is 1.63. The second kappa shape index (κ2) is 7.79. The number of aryl methyl sites for hydroxylation is 1. The smallest absolute Gasteiger partial charge is 0.263 e. The van der Waals surface area contributed by atoms with E-state index in [0.717, 1.165) is 0 Å². The van der Waals surface area contributed by atoms with Crippen molar-refractivity contribution in [3.8, 4) is 22.8 Å². The Kier molecular flexibility index (Phi) is 4.95. The number of hydrogen-bond donors (Lipinski definition) is 0. The summed E-state index contributed by atoms with van der Waals surface area (Å²) in [7, 11) is 1.79. The molecule has 1 aliphatic heterocycles. The van der Waals surface area contributed by atoms with Crippen molar-refractivity contribution in [1.29, 1.82) is 0 Å². The Morgan fingerprint density at radius 3 is 2.61 bits per heavy atom. The summed E-state index contributed by atoms with van der Waals surface area (Å²) >= 11 is 5.92. The molecule has 9 heteroatoms. The number of pyridine rings is 1. The molecule has 31 heavy (non-hydrogen) atoms. The molecule has 3 heterocycles. The van der Waals surface area contributed by atoms with E-state index in [1.54, 1.807) is 48.1 Å². The Bertz CT molecular complexity index is 1330. The molecule has 5 rings (SSSR count). The molecule has 1 aliphatic rings. The minimum absolute atomic E-state index is 0.0742. The minimum Gasteiger partial charge on any atom is -0.378 e. The maximum atomic E-state index is 14.9. The second-order valence-electron chi connectivity index (χ2n) is 7.33. The second-order valence-corrected chi connectivity index (χ2v) is 7.77. The number of anilines is 1. The van der Waals surface area contributed by atoms with Crippen molar-refractivity contribution in [3.63, 3.8) is 0 Å². The van der Waals surface area contributed by atoms with Crippen LogP contribution in [0.4, 0.5) is 10.1 Å². The van der Waals surface area contributed by atoms with Crippen LogP contribution in [-0.4, -0.2) is 41.0 Å². The van der Waals surface area contributed by atoms with E-state index in [4.69, 9.17) is 20.9 Å². The van der Waals surface area contributed by atoms with E-state index in [2.05, 4.69) is 10.1 Å². The number of morpholine rings is 1. The fourth-order valence-electron chi connectivity index (χ4n) is 3.74. The summed E-state index contributed by atoms with van der Waals surface area (Å²) in [4.78, 5) is 19.4. The molecule has 0 unspecified atom stereocenters. The van der Waals surface area contributed by atoms with Gasteiger partial charge in [0, 0.05) is 42.3 Å². The van der Waals surface area contributed by atoms with Gasteiger partial charge in [0.05, 0.1) is 24.4 Å². The summed E-state index contributed by atoms with van der Waals surface area (Å²) < 4.78 is 27.4. The lowest BCUT2D eigenvalue weighted by atomic mass is 10.1. The molecular formula is C22H18ClFN4O3. The molecular weight excluding hydrogens is 423 g/mol. The number of aromatic nitrogens is 3. The molecule has 7 nitrogen and oxygen atoms in total. The molecule has 0 saturated carbocycles. The van der Waals surface area contributed by atoms with Crippen LogP contribution in [0.2, 0.25) is 5.02 Å². The van der Waals surface area contributed by atoms with Crippen molar-refractivity contribution in [2.45, 2.75) is 0 Å². The standard InChI is InChI=1S/C22H18ClFN4O3/c1-27-12-16(22-25-21(26-31-22)13-2-4-14(23)5-3-13)20(29)15-10-17(24)19(11-18(15)27)28-6-8-30-9-7-28/h2-5,10-12H,6-9H2,1H3. The van der Waals surface area contributed by atoms with Crippen LogP contribution in [0.3, 0.4) is 0 Å². The van der Waals surface area contributed by atoms with Crippen molar-refractivity contribution in [2.24, 2.45) is 7.05 Å². The third kappa shape index (κ3) is 3.58. The summed E-state index contributed by atoms with van der Waals surface area (Å²) in [5.74, 6) is -0.0381. The average molecular weight is 441 g/mol. The lowest BCUT2D eigenvalue weighted by molar-refractivity contribution is 0.122. The van der Waals surface area contributed by atoms with Gasteiger partial charge in [0.1, 0.15) is 11.4 Å². The van der Waals surface area contributed by atoms with E-state index in [1.807, 2.05) is 4.90 Å². The van der Waals surface area contributed by atoms with Gasteiger partial charge in [0.25, 0.3) is 5.89 Å². The number of rotatable bonds is 3. The Morgan fingerprint density at radius 2 is 1.87 bits per heavy atom. The van der Waals surface area contributed by atoms with E-state index in [9.17, 15) is 9.18 Å². The van der Waals surface area contributed by atoms with Crippen LogP contribution in [0.15, 0.2) is 51.9 Å². The van der Waals surface area contributed by atoms with Gasteiger partial charge in [-0.3, -0.25) is 4.79 Å². The fraction of sp³-hybridized carbons (Fsp3) is 0.227. The zero-order valence-corrected chi connectivity index (χ0v) is 17.4. The van der Waals surface area contributed by atoms with Gasteiger partial charge in [-0.05, 0) is 36.4 Å². The normalized spacial score (nSPS) is 14.4. The molecule has 0 N–H and O–H groups in total. The zero-order chi connectivity index (χ0) is 21.5. The van der Waals surface area contributed by atoms with Crippen molar-refractivity contribution in [3.05, 3.63) is 63.7 Å². The van der Waals surface area contributed by atoms with Gasteiger partial charge < -0.3 is 18.7 Å². The maximum absolute atomic E-state index is 14.9. The summed E-state index contributed by atoms with van der Waals surface area (Å²) in [5, 5.41) is 4.81. The van der Waals surface area contributed by atoms with Crippen LogP contribution in [0.5, 0.6) is 0 Å². The van der Waals surface area contributed by atoms with Crippen LogP contribution in [-0.2, 0) is 11.8 Å². The van der Waals surface area contributed by atoms with Gasteiger partial charge in [-0.25, -0.2) is 4.39 Å². The minimum atomic E-state index is -0.448. The van der Waals surface area contributed by atoms with E-state index in [0.29, 0.717) is 53.9 Å². The molecule has 1 fully saturated rings. The van der Waals surface area contributed by atoms with E-state index in [1.165, 1.54) is 6.07 Å². The van der Waals surface area contributed by atoms with Crippen molar-refractivity contribution < 1.29 is 13.7 Å². The quantitative estimate of drug-likeness (QED) is 0.481. The molecule has 0 aliphatic carbocycles. The monoisotopic (exact) mass is 440 g/mol. The number of halogens is 2. The first-order valence-electron chi connectivity index (χ1n) is 9.77. The van der Waals surface area contributed by atoms with Crippen LogP contribution in [0, 0.1) is 5.82 Å². The summed E-state index contributed by atoms with van der Waals surface area (Å²) in [6, 6.07) is 9.94. The molecule has 0 amide bonds. The van der Waals surface area contributed by atoms with Crippen molar-refractivity contribution >= 4 is 28.2 Å². The van der Waals surface area contributed by atoms with Gasteiger partial charge in [0.15, 0.2) is 0 Å². The lowest BCUT2D eigenvalue weighted by Gasteiger charge is -2.29. The Hall–Kier alpha value is -3.23. The highest BCUT2D eigenvalue weighted by molar-refractivity contribution is 6.30. The highest BCUT2D eigenvalue weighted by Gasteiger charge is 2.21. The van der Waals surface area contributed by atoms with Crippen LogP contribution in [0.1, 0.15) is 0 Å². The molecule has 0 spiro atoms. The highest BCUT2D eigenvalue weighted by Crippen LogP contribution is 2.28. The predicted molar refractivity (Wildman–Crippen MR) is 116 cm³/mol. The van der Waals surface area contributed by atoms with Gasteiger partial charge in [-0.2, -0.15) is 4.98 Å². The lowest BCUT2D eigenvalue weighted by Crippen LogP contribution is -2.36. The molecule has 1 saturated heterocycles.